The third kappa shape index (κ3) is 5.30. The third-order valence-electron chi connectivity index (χ3n) is 2.96. The summed E-state index contributed by atoms with van der Waals surface area (Å²) in [4.78, 5) is 23.4. The van der Waals surface area contributed by atoms with Crippen LogP contribution in [0.25, 0.3) is 0 Å². The molecule has 23 heavy (non-hydrogen) atoms. The molecule has 0 aromatic heterocycles. The van der Waals surface area contributed by atoms with Crippen LogP contribution in [0.4, 0.5) is 5.69 Å². The molecule has 0 fully saturated rings. The fourth-order valence-electron chi connectivity index (χ4n) is 1.84. The second kappa shape index (κ2) is 8.19. The van der Waals surface area contributed by atoms with Gasteiger partial charge in [-0.3, -0.25) is 9.59 Å². The lowest BCUT2D eigenvalue weighted by molar-refractivity contribution is -0.122. The van der Waals surface area contributed by atoms with Gasteiger partial charge in [-0.15, -0.1) is 0 Å². The first-order valence-corrected chi connectivity index (χ1v) is 7.52. The predicted octanol–water partition coefficient (Wildman–Crippen LogP) is 3.11. The fourth-order valence-corrected chi connectivity index (χ4v) is 1.96. The summed E-state index contributed by atoms with van der Waals surface area (Å²) in [5.74, 6) is 0.158. The van der Waals surface area contributed by atoms with Crippen molar-refractivity contribution in [3.05, 3.63) is 59.1 Å². The van der Waals surface area contributed by atoms with Gasteiger partial charge in [0.1, 0.15) is 5.75 Å². The molecule has 0 aliphatic rings. The van der Waals surface area contributed by atoms with Crippen LogP contribution < -0.4 is 15.4 Å². The Bertz CT molecular complexity index is 669. The number of anilines is 1. The topological polar surface area (TPSA) is 67.4 Å². The van der Waals surface area contributed by atoms with Crippen molar-refractivity contribution in [3.8, 4) is 5.75 Å². The Balaban J connectivity index is 1.90. The Morgan fingerprint density at radius 2 is 1.70 bits per heavy atom. The van der Waals surface area contributed by atoms with Crippen molar-refractivity contribution in [3.63, 3.8) is 0 Å². The molecule has 0 unspecified atom stereocenters. The number of nitrogens with one attached hydrogen (secondary N) is 2. The highest BCUT2D eigenvalue weighted by atomic mass is 35.5. The van der Waals surface area contributed by atoms with Crippen LogP contribution in [-0.4, -0.2) is 25.0 Å². The van der Waals surface area contributed by atoms with Crippen LogP contribution in [0.2, 0.25) is 5.02 Å². The molecular weight excluding hydrogens is 316 g/mol. The van der Waals surface area contributed by atoms with Crippen molar-refractivity contribution in [1.82, 2.24) is 5.32 Å². The lowest BCUT2D eigenvalue weighted by Gasteiger charge is -2.08. The third-order valence-corrected chi connectivity index (χ3v) is 3.21. The smallest absolute Gasteiger partial charge is 0.257 e. The van der Waals surface area contributed by atoms with E-state index in [1.165, 1.54) is 0 Å². The highest BCUT2D eigenvalue weighted by molar-refractivity contribution is 6.30. The van der Waals surface area contributed by atoms with Gasteiger partial charge in [0.05, 0.1) is 0 Å². The lowest BCUT2D eigenvalue weighted by atomic mass is 10.2. The normalized spacial score (nSPS) is 10.0. The molecular formula is C17H17ClN2O3. The average molecular weight is 333 g/mol. The van der Waals surface area contributed by atoms with Crippen LogP contribution in [0, 0.1) is 0 Å². The van der Waals surface area contributed by atoms with Crippen molar-refractivity contribution in [2.24, 2.45) is 0 Å². The number of amides is 2. The fraction of sp³-hybridized carbons (Fsp3) is 0.176. The van der Waals surface area contributed by atoms with Crippen molar-refractivity contribution in [2.75, 3.05) is 18.5 Å². The maximum Gasteiger partial charge on any atom is 0.257 e. The first-order chi connectivity index (χ1) is 11.1. The van der Waals surface area contributed by atoms with E-state index in [1.54, 1.807) is 48.5 Å². The number of carbonyl (C=O) groups is 2. The molecule has 0 aliphatic heterocycles. The molecule has 0 aliphatic carbocycles. The molecule has 2 N–H and O–H groups in total. The van der Waals surface area contributed by atoms with Gasteiger partial charge in [-0.05, 0) is 55.5 Å². The molecule has 2 amide bonds. The number of likely N-dealkylation sites (N-methyl/N-ethyl adjacent to an activating group) is 1. The summed E-state index contributed by atoms with van der Waals surface area (Å²) in [6.07, 6.45) is 0. The molecule has 0 bridgehead atoms. The molecule has 0 spiro atoms. The zero-order chi connectivity index (χ0) is 16.7. The summed E-state index contributed by atoms with van der Waals surface area (Å²) in [5, 5.41) is 6.00. The minimum Gasteiger partial charge on any atom is -0.484 e. The summed E-state index contributed by atoms with van der Waals surface area (Å²) in [7, 11) is 0. The minimum atomic E-state index is -0.224. The van der Waals surface area contributed by atoms with Crippen LogP contribution in [0.3, 0.4) is 0 Å². The van der Waals surface area contributed by atoms with Crippen LogP contribution >= 0.6 is 11.6 Å². The number of ether oxygens (including phenoxy) is 1. The second-order valence-corrected chi connectivity index (χ2v) is 5.16. The highest BCUT2D eigenvalue weighted by Gasteiger charge is 2.06. The number of carbonyl (C=O) groups excluding carboxylic acids is 2. The minimum absolute atomic E-state index is 0.0374. The maximum atomic E-state index is 12.1. The average Bonchev–Trinajstić information content (AvgIpc) is 2.55. The molecule has 0 saturated heterocycles. The number of hydrogen-bond donors (Lipinski definition) is 2. The van der Waals surface area contributed by atoms with Gasteiger partial charge in [0.2, 0.25) is 0 Å². The monoisotopic (exact) mass is 332 g/mol. The first-order valence-electron chi connectivity index (χ1n) is 7.15. The molecule has 6 heteroatoms. The molecule has 2 aromatic rings. The van der Waals surface area contributed by atoms with E-state index in [0.717, 1.165) is 0 Å². The van der Waals surface area contributed by atoms with E-state index in [4.69, 9.17) is 16.3 Å². The van der Waals surface area contributed by atoms with E-state index in [1.807, 2.05) is 6.92 Å². The molecule has 120 valence electrons. The number of hydrogen-bond acceptors (Lipinski definition) is 3. The highest BCUT2D eigenvalue weighted by Crippen LogP contribution is 2.17. The van der Waals surface area contributed by atoms with Crippen molar-refractivity contribution in [2.45, 2.75) is 6.92 Å². The Kier molecular flexibility index (Phi) is 6.00. The first kappa shape index (κ1) is 16.8. The molecule has 0 radical (unpaired) electrons. The van der Waals surface area contributed by atoms with Crippen LogP contribution in [0.5, 0.6) is 5.75 Å². The van der Waals surface area contributed by atoms with E-state index in [9.17, 15) is 9.59 Å². The quantitative estimate of drug-likeness (QED) is 0.854. The van der Waals surface area contributed by atoms with Gasteiger partial charge in [0.15, 0.2) is 6.61 Å². The Morgan fingerprint density at radius 1 is 1.04 bits per heavy atom. The Hall–Kier alpha value is -2.53. The summed E-state index contributed by atoms with van der Waals surface area (Å²) in [6, 6.07) is 13.4. The van der Waals surface area contributed by atoms with Gasteiger partial charge < -0.3 is 15.4 Å². The molecule has 0 heterocycles. The van der Waals surface area contributed by atoms with Gasteiger partial charge in [0.25, 0.3) is 11.8 Å². The zero-order valence-electron chi connectivity index (χ0n) is 12.6. The van der Waals surface area contributed by atoms with Gasteiger partial charge in [0, 0.05) is 22.8 Å². The Labute approximate surface area is 139 Å². The van der Waals surface area contributed by atoms with E-state index in [2.05, 4.69) is 10.6 Å². The maximum absolute atomic E-state index is 12.1. The summed E-state index contributed by atoms with van der Waals surface area (Å²) < 4.78 is 5.34. The summed E-state index contributed by atoms with van der Waals surface area (Å²) in [5.41, 5.74) is 1.15. The molecule has 2 aromatic carbocycles. The van der Waals surface area contributed by atoms with Gasteiger partial charge in [-0.1, -0.05) is 11.6 Å². The standard InChI is InChI=1S/C17H17ClN2O3/c1-2-19-16(21)11-23-15-9-7-14(8-10-15)20-17(22)12-3-5-13(18)6-4-12/h3-10H,2,11H2,1H3,(H,19,21)(H,20,22). The van der Waals surface area contributed by atoms with Gasteiger partial charge >= 0.3 is 0 Å². The van der Waals surface area contributed by atoms with Crippen molar-refractivity contribution in [1.29, 1.82) is 0 Å². The number of rotatable bonds is 6. The van der Waals surface area contributed by atoms with Crippen molar-refractivity contribution < 1.29 is 14.3 Å². The van der Waals surface area contributed by atoms with E-state index in [-0.39, 0.29) is 18.4 Å². The van der Waals surface area contributed by atoms with Crippen LogP contribution in [-0.2, 0) is 4.79 Å². The van der Waals surface area contributed by atoms with E-state index in [0.29, 0.717) is 28.6 Å². The SMILES string of the molecule is CCNC(=O)COc1ccc(NC(=O)c2ccc(Cl)cc2)cc1. The van der Waals surface area contributed by atoms with Gasteiger partial charge in [-0.25, -0.2) is 0 Å². The lowest BCUT2D eigenvalue weighted by Crippen LogP contribution is -2.28. The zero-order valence-corrected chi connectivity index (χ0v) is 13.4. The summed E-state index contributed by atoms with van der Waals surface area (Å²) in [6.45, 7) is 2.37. The molecule has 5 nitrogen and oxygen atoms in total. The van der Waals surface area contributed by atoms with Crippen molar-refractivity contribution >= 4 is 29.1 Å². The van der Waals surface area contributed by atoms with Crippen LogP contribution in [0.15, 0.2) is 48.5 Å². The number of benzene rings is 2. The predicted molar refractivity (Wildman–Crippen MR) is 90.0 cm³/mol. The van der Waals surface area contributed by atoms with Crippen LogP contribution in [0.1, 0.15) is 17.3 Å². The van der Waals surface area contributed by atoms with E-state index >= 15 is 0 Å². The second-order valence-electron chi connectivity index (χ2n) is 4.73. The Morgan fingerprint density at radius 3 is 2.30 bits per heavy atom. The molecule has 2 rings (SSSR count). The molecule has 0 saturated carbocycles. The molecule has 0 atom stereocenters. The van der Waals surface area contributed by atoms with E-state index < -0.39 is 0 Å². The summed E-state index contributed by atoms with van der Waals surface area (Å²) >= 11 is 5.79. The number of halogens is 1. The van der Waals surface area contributed by atoms with Gasteiger partial charge in [-0.2, -0.15) is 0 Å². The largest absolute Gasteiger partial charge is 0.484 e.